The number of methoxy groups -OCH3 is 1. The molecule has 3 aromatic rings. The maximum atomic E-state index is 13.5. The van der Waals surface area contributed by atoms with Crippen LogP contribution in [0.15, 0.2) is 76.0 Å². The zero-order valence-corrected chi connectivity index (χ0v) is 22.8. The SMILES string of the molecule is CCC(Nc1cc(OC)ccc1Cl)C(=NS(=O)(=O)c1cccc(NC(=O)C(C)N)c1)Nc1ccccc1N. The molecule has 0 aliphatic rings. The fraction of sp³-hybridized carbons (Fsp3) is 0.231. The predicted molar refractivity (Wildman–Crippen MR) is 154 cm³/mol. The van der Waals surface area contributed by atoms with Gasteiger partial charge in [0.15, 0.2) is 0 Å². The van der Waals surface area contributed by atoms with Gasteiger partial charge in [-0.1, -0.05) is 36.7 Å². The first-order chi connectivity index (χ1) is 18.0. The summed E-state index contributed by atoms with van der Waals surface area (Å²) in [7, 11) is -2.70. The van der Waals surface area contributed by atoms with Gasteiger partial charge in [0.25, 0.3) is 10.0 Å². The Morgan fingerprint density at radius 1 is 1.05 bits per heavy atom. The number of nitrogens with zero attached hydrogens (tertiary/aromatic N) is 1. The summed E-state index contributed by atoms with van der Waals surface area (Å²) in [6.07, 6.45) is 0.437. The van der Waals surface area contributed by atoms with Crippen molar-refractivity contribution in [1.82, 2.24) is 0 Å². The van der Waals surface area contributed by atoms with Crippen molar-refractivity contribution in [3.8, 4) is 5.75 Å². The van der Waals surface area contributed by atoms with Gasteiger partial charge in [-0.3, -0.25) is 4.79 Å². The van der Waals surface area contributed by atoms with Crippen LogP contribution in [0.5, 0.6) is 5.75 Å². The van der Waals surface area contributed by atoms with E-state index >= 15 is 0 Å². The number of amides is 1. The van der Waals surface area contributed by atoms with Crippen LogP contribution in [0.3, 0.4) is 0 Å². The summed E-state index contributed by atoms with van der Waals surface area (Å²) in [5.74, 6) is 0.216. The van der Waals surface area contributed by atoms with Gasteiger partial charge in [-0.25, -0.2) is 0 Å². The Kier molecular flexibility index (Phi) is 9.56. The largest absolute Gasteiger partial charge is 0.497 e. The highest BCUT2D eigenvalue weighted by molar-refractivity contribution is 7.90. The van der Waals surface area contributed by atoms with E-state index in [1.165, 1.54) is 32.2 Å². The van der Waals surface area contributed by atoms with E-state index < -0.39 is 28.0 Å². The molecule has 3 rings (SSSR count). The number of para-hydroxylation sites is 2. The number of benzene rings is 3. The maximum absolute atomic E-state index is 13.5. The Morgan fingerprint density at radius 3 is 2.45 bits per heavy atom. The van der Waals surface area contributed by atoms with E-state index in [0.29, 0.717) is 34.3 Å². The number of sulfonamides is 1. The average Bonchev–Trinajstić information content (AvgIpc) is 2.89. The predicted octanol–water partition coefficient (Wildman–Crippen LogP) is 4.31. The second kappa shape index (κ2) is 12.6. The molecule has 0 fully saturated rings. The highest BCUT2D eigenvalue weighted by Gasteiger charge is 2.23. The molecule has 0 aliphatic carbocycles. The summed E-state index contributed by atoms with van der Waals surface area (Å²) in [5.41, 5.74) is 13.4. The van der Waals surface area contributed by atoms with Crippen LogP contribution < -0.4 is 32.2 Å². The zero-order valence-electron chi connectivity index (χ0n) is 21.2. The summed E-state index contributed by atoms with van der Waals surface area (Å²) in [4.78, 5) is 11.9. The van der Waals surface area contributed by atoms with Crippen molar-refractivity contribution in [2.45, 2.75) is 37.2 Å². The van der Waals surface area contributed by atoms with E-state index in [9.17, 15) is 13.2 Å². The van der Waals surface area contributed by atoms with Crippen molar-refractivity contribution >= 4 is 56.1 Å². The number of nitrogens with one attached hydrogen (secondary N) is 3. The van der Waals surface area contributed by atoms with Gasteiger partial charge in [-0.05, 0) is 55.8 Å². The van der Waals surface area contributed by atoms with Gasteiger partial charge in [0.2, 0.25) is 5.91 Å². The molecule has 10 nitrogen and oxygen atoms in total. The molecule has 0 saturated carbocycles. The molecule has 202 valence electrons. The number of amidine groups is 1. The van der Waals surface area contributed by atoms with Crippen LogP contribution >= 0.6 is 11.6 Å². The van der Waals surface area contributed by atoms with Gasteiger partial charge in [0.1, 0.15) is 11.6 Å². The third kappa shape index (κ3) is 7.37. The molecule has 0 aromatic heterocycles. The molecule has 0 bridgehead atoms. The Morgan fingerprint density at radius 2 is 1.79 bits per heavy atom. The third-order valence-electron chi connectivity index (χ3n) is 5.50. The van der Waals surface area contributed by atoms with Gasteiger partial charge in [0, 0.05) is 11.8 Å². The number of hydrogen-bond acceptors (Lipinski definition) is 7. The molecule has 0 radical (unpaired) electrons. The van der Waals surface area contributed by atoms with E-state index in [4.69, 9.17) is 27.8 Å². The monoisotopic (exact) mass is 558 g/mol. The molecule has 7 N–H and O–H groups in total. The lowest BCUT2D eigenvalue weighted by molar-refractivity contribution is -0.117. The highest BCUT2D eigenvalue weighted by atomic mass is 35.5. The van der Waals surface area contributed by atoms with Crippen molar-refractivity contribution in [2.75, 3.05) is 28.8 Å². The average molecular weight is 559 g/mol. The summed E-state index contributed by atoms with van der Waals surface area (Å²) in [6.45, 7) is 3.40. The number of nitrogens with two attached hydrogens (primary N) is 2. The molecule has 3 aromatic carbocycles. The van der Waals surface area contributed by atoms with Gasteiger partial charge in [-0.15, -0.1) is 4.40 Å². The molecule has 12 heteroatoms. The normalized spacial score (nSPS) is 13.3. The third-order valence-corrected chi connectivity index (χ3v) is 7.11. The Bertz CT molecular complexity index is 1430. The Hall–Kier alpha value is -3.80. The lowest BCUT2D eigenvalue weighted by atomic mass is 10.1. The summed E-state index contributed by atoms with van der Waals surface area (Å²) in [5, 5.41) is 9.34. The number of carbonyl (C=O) groups excluding carboxylic acids is 1. The summed E-state index contributed by atoms with van der Waals surface area (Å²) >= 11 is 6.39. The Labute approximate surface area is 227 Å². The summed E-state index contributed by atoms with van der Waals surface area (Å²) in [6, 6.07) is 16.4. The van der Waals surface area contributed by atoms with Crippen molar-refractivity contribution in [3.05, 3.63) is 71.8 Å². The van der Waals surface area contributed by atoms with Crippen molar-refractivity contribution < 1.29 is 17.9 Å². The van der Waals surface area contributed by atoms with E-state index in [1.807, 2.05) is 6.92 Å². The molecule has 1 amide bonds. The van der Waals surface area contributed by atoms with Crippen LogP contribution in [-0.2, 0) is 14.8 Å². The molecule has 0 aliphatic heterocycles. The first-order valence-electron chi connectivity index (χ1n) is 11.8. The fourth-order valence-electron chi connectivity index (χ4n) is 3.39. The number of anilines is 4. The van der Waals surface area contributed by atoms with Gasteiger partial charge in [0.05, 0.1) is 46.2 Å². The first-order valence-corrected chi connectivity index (χ1v) is 13.6. The van der Waals surface area contributed by atoms with Gasteiger partial charge >= 0.3 is 0 Å². The zero-order chi connectivity index (χ0) is 27.9. The van der Waals surface area contributed by atoms with Crippen LogP contribution in [0.1, 0.15) is 20.3 Å². The number of ether oxygens (including phenoxy) is 1. The first kappa shape index (κ1) is 28.8. The quantitative estimate of drug-likeness (QED) is 0.140. The molecular weight excluding hydrogens is 528 g/mol. The molecule has 0 spiro atoms. The molecule has 38 heavy (non-hydrogen) atoms. The molecule has 0 saturated heterocycles. The minimum absolute atomic E-state index is 0.0919. The van der Waals surface area contributed by atoms with Crippen LogP contribution in [0, 0.1) is 0 Å². The van der Waals surface area contributed by atoms with Crippen LogP contribution in [0.4, 0.5) is 22.7 Å². The fourth-order valence-corrected chi connectivity index (χ4v) is 4.62. The van der Waals surface area contributed by atoms with E-state index in [2.05, 4.69) is 20.3 Å². The summed E-state index contributed by atoms with van der Waals surface area (Å²) < 4.78 is 36.4. The van der Waals surface area contributed by atoms with E-state index in [0.717, 1.165) is 0 Å². The number of carbonyl (C=O) groups is 1. The van der Waals surface area contributed by atoms with Crippen molar-refractivity contribution in [1.29, 1.82) is 0 Å². The Balaban J connectivity index is 2.05. The van der Waals surface area contributed by atoms with Crippen molar-refractivity contribution in [3.63, 3.8) is 0 Å². The van der Waals surface area contributed by atoms with Crippen LogP contribution in [0.2, 0.25) is 5.02 Å². The number of hydrogen-bond donors (Lipinski definition) is 5. The smallest absolute Gasteiger partial charge is 0.284 e. The number of halogens is 1. The van der Waals surface area contributed by atoms with Crippen molar-refractivity contribution in [2.24, 2.45) is 10.1 Å². The minimum atomic E-state index is -4.24. The number of nitrogen functional groups attached to an aromatic ring is 1. The standard InChI is InChI=1S/C26H31ClN6O4S/c1-4-22(31-24-15-18(37-3)12-13-20(24)27)25(32-23-11-6-5-10-21(23)29)33-38(35,36)19-9-7-8-17(14-19)30-26(34)16(2)28/h5-16,22,31H,4,28-29H2,1-3H3,(H,30,34)(H,32,33). The molecule has 2 unspecified atom stereocenters. The second-order valence-corrected chi connectivity index (χ2v) is 10.4. The molecule has 0 heterocycles. The lowest BCUT2D eigenvalue weighted by Gasteiger charge is -2.23. The molecule has 2 atom stereocenters. The number of rotatable bonds is 10. The van der Waals surface area contributed by atoms with E-state index in [1.54, 1.807) is 48.5 Å². The van der Waals surface area contributed by atoms with Crippen LogP contribution in [0.25, 0.3) is 0 Å². The van der Waals surface area contributed by atoms with E-state index in [-0.39, 0.29) is 16.4 Å². The second-order valence-electron chi connectivity index (χ2n) is 8.42. The maximum Gasteiger partial charge on any atom is 0.284 e. The van der Waals surface area contributed by atoms with Gasteiger partial charge in [-0.2, -0.15) is 8.42 Å². The molecular formula is C26H31ClN6O4S. The van der Waals surface area contributed by atoms with Gasteiger partial charge < -0.3 is 32.2 Å². The van der Waals surface area contributed by atoms with Crippen LogP contribution in [-0.4, -0.2) is 39.4 Å². The highest BCUT2D eigenvalue weighted by Crippen LogP contribution is 2.29. The lowest BCUT2D eigenvalue weighted by Crippen LogP contribution is -2.35. The minimum Gasteiger partial charge on any atom is -0.497 e. The topological polar surface area (TPSA) is 161 Å².